The van der Waals surface area contributed by atoms with Gasteiger partial charge in [0, 0.05) is 27.2 Å². The van der Waals surface area contributed by atoms with Gasteiger partial charge in [0.2, 0.25) is 0 Å². The zero-order chi connectivity index (χ0) is 31.4. The van der Waals surface area contributed by atoms with E-state index in [4.69, 9.17) is 18.4 Å². The van der Waals surface area contributed by atoms with Gasteiger partial charge in [0.05, 0.1) is 27.6 Å². The van der Waals surface area contributed by atoms with Gasteiger partial charge in [-0.15, -0.1) is 28.0 Å². The first-order chi connectivity index (χ1) is 20.3. The Morgan fingerprint density at radius 1 is 0.581 bits per heavy atom. The summed E-state index contributed by atoms with van der Waals surface area (Å²) in [5.74, 6) is 0. The van der Waals surface area contributed by atoms with E-state index >= 15 is 0 Å². The maximum atomic E-state index is 11.9. The van der Waals surface area contributed by atoms with Crippen molar-refractivity contribution in [2.75, 3.05) is 5.73 Å². The van der Waals surface area contributed by atoms with Gasteiger partial charge in [0.25, 0.3) is 20.2 Å². The average molecular weight is 642 g/mol. The molecule has 0 fully saturated rings. The lowest BCUT2D eigenvalue weighted by Gasteiger charge is -2.09. The summed E-state index contributed by atoms with van der Waals surface area (Å²) in [6, 6.07) is 23.4. The van der Waals surface area contributed by atoms with E-state index < -0.39 is 30.8 Å². The molecule has 0 spiro atoms. The predicted molar refractivity (Wildman–Crippen MR) is 156 cm³/mol. The van der Waals surface area contributed by atoms with Gasteiger partial charge >= 0.3 is 10.6 Å². The maximum Gasteiger partial charge on any atom is 0.425 e. The van der Waals surface area contributed by atoms with Crippen LogP contribution in [0.15, 0.2) is 121 Å². The van der Waals surface area contributed by atoms with Crippen LogP contribution in [0.25, 0.3) is 21.5 Å². The zero-order valence-electron chi connectivity index (χ0n) is 21.5. The molecule has 0 aliphatic carbocycles. The van der Waals surface area contributed by atoms with Crippen molar-refractivity contribution in [1.29, 1.82) is 0 Å². The van der Waals surface area contributed by atoms with Gasteiger partial charge in [-0.05, 0) is 54.6 Å². The van der Waals surface area contributed by atoms with Crippen molar-refractivity contribution in [2.24, 2.45) is 20.5 Å². The SMILES string of the molecule is Nc1cccc2c(N=Nc3ccc(N=Nc4ccccc4)c4ccc(S(=O)(=O)O)cc34)ccc(S(=O)(=O)O)c12.O=S(=O)=O. The van der Waals surface area contributed by atoms with Crippen LogP contribution in [0.5, 0.6) is 0 Å². The van der Waals surface area contributed by atoms with Crippen LogP contribution >= 0.6 is 0 Å². The van der Waals surface area contributed by atoms with Crippen LogP contribution in [-0.4, -0.2) is 38.6 Å². The molecule has 0 aromatic heterocycles. The van der Waals surface area contributed by atoms with E-state index in [1.54, 1.807) is 36.4 Å². The standard InChI is InChI=1S/C26H19N5O6S2.O3S/c27-21-8-4-7-19-23(13-14-25(26(19)21)39(35,36)37)30-31-24-12-11-22(29-28-16-5-2-1-3-6-16)18-10-9-17(15-20(18)24)38(32,33)34;1-4(2)3/h1-15H,27H2,(H,32,33,34)(H,35,36,37);. The Morgan fingerprint density at radius 3 is 1.74 bits per heavy atom. The molecule has 17 heteroatoms. The van der Waals surface area contributed by atoms with Crippen molar-refractivity contribution in [3.8, 4) is 0 Å². The summed E-state index contributed by atoms with van der Waals surface area (Å²) >= 11 is 0. The van der Waals surface area contributed by atoms with E-state index in [9.17, 15) is 25.9 Å². The van der Waals surface area contributed by atoms with Gasteiger partial charge in [-0.3, -0.25) is 9.11 Å². The molecular formula is C26H19N5O9S3. The summed E-state index contributed by atoms with van der Waals surface area (Å²) in [6.45, 7) is 0. The second kappa shape index (κ2) is 12.5. The van der Waals surface area contributed by atoms with Crippen molar-refractivity contribution < 1.29 is 38.6 Å². The van der Waals surface area contributed by atoms with Crippen LogP contribution in [0.2, 0.25) is 0 Å². The van der Waals surface area contributed by atoms with E-state index in [0.29, 0.717) is 27.5 Å². The molecule has 0 aliphatic rings. The monoisotopic (exact) mass is 641 g/mol. The number of benzene rings is 5. The van der Waals surface area contributed by atoms with E-state index in [2.05, 4.69) is 20.5 Å². The molecule has 5 aromatic rings. The second-order valence-electron chi connectivity index (χ2n) is 8.55. The first-order valence-corrected chi connectivity index (χ1v) is 15.6. The van der Waals surface area contributed by atoms with Crippen LogP contribution in [0.4, 0.5) is 28.4 Å². The Balaban J connectivity index is 0.000000996. The van der Waals surface area contributed by atoms with E-state index in [1.165, 1.54) is 36.4 Å². The molecule has 0 unspecified atom stereocenters. The number of nitrogen functional groups attached to an aromatic ring is 1. The van der Waals surface area contributed by atoms with Gasteiger partial charge in [-0.25, -0.2) is 0 Å². The normalized spacial score (nSPS) is 12.0. The molecule has 0 radical (unpaired) electrons. The fourth-order valence-corrected chi connectivity index (χ4v) is 5.27. The molecule has 0 atom stereocenters. The predicted octanol–water partition coefficient (Wildman–Crippen LogP) is 5.90. The third kappa shape index (κ3) is 7.48. The van der Waals surface area contributed by atoms with Crippen molar-refractivity contribution in [3.05, 3.63) is 91.0 Å². The van der Waals surface area contributed by atoms with Crippen molar-refractivity contribution in [1.82, 2.24) is 0 Å². The lowest BCUT2D eigenvalue weighted by Crippen LogP contribution is -2.01. The van der Waals surface area contributed by atoms with Crippen LogP contribution in [0.3, 0.4) is 0 Å². The van der Waals surface area contributed by atoms with Crippen molar-refractivity contribution in [2.45, 2.75) is 9.79 Å². The highest BCUT2D eigenvalue weighted by Crippen LogP contribution is 2.39. The van der Waals surface area contributed by atoms with Crippen LogP contribution in [0.1, 0.15) is 0 Å². The summed E-state index contributed by atoms with van der Waals surface area (Å²) < 4.78 is 92.0. The molecule has 4 N–H and O–H groups in total. The molecule has 220 valence electrons. The molecule has 5 rings (SSSR count). The average Bonchev–Trinajstić information content (AvgIpc) is 2.94. The van der Waals surface area contributed by atoms with Crippen LogP contribution in [-0.2, 0) is 30.8 Å². The Hall–Kier alpha value is -4.94. The number of hydrogen-bond acceptors (Lipinski definition) is 12. The van der Waals surface area contributed by atoms with E-state index in [1.807, 2.05) is 18.2 Å². The first-order valence-electron chi connectivity index (χ1n) is 11.7. The molecule has 43 heavy (non-hydrogen) atoms. The summed E-state index contributed by atoms with van der Waals surface area (Å²) in [5, 5.41) is 18.3. The molecule has 0 saturated heterocycles. The third-order valence-corrected chi connectivity index (χ3v) is 7.57. The lowest BCUT2D eigenvalue weighted by molar-refractivity contribution is 0.481. The van der Waals surface area contributed by atoms with Gasteiger partial charge < -0.3 is 5.73 Å². The molecule has 0 heterocycles. The highest BCUT2D eigenvalue weighted by atomic mass is 32.2. The van der Waals surface area contributed by atoms with Gasteiger partial charge in [0.1, 0.15) is 4.90 Å². The number of rotatable bonds is 6. The number of hydrogen-bond donors (Lipinski definition) is 3. The molecule has 14 nitrogen and oxygen atoms in total. The number of azo groups is 2. The lowest BCUT2D eigenvalue weighted by atomic mass is 10.1. The highest BCUT2D eigenvalue weighted by Gasteiger charge is 2.18. The number of nitrogens with two attached hydrogens (primary N) is 1. The largest absolute Gasteiger partial charge is 0.425 e. The zero-order valence-corrected chi connectivity index (χ0v) is 24.0. The Morgan fingerprint density at radius 2 is 1.14 bits per heavy atom. The number of fused-ring (bicyclic) bond motifs is 2. The van der Waals surface area contributed by atoms with Crippen molar-refractivity contribution >= 4 is 80.8 Å². The Bertz CT molecular complexity index is 2250. The first kappa shape index (κ1) is 31.0. The Labute approximate surface area is 245 Å². The fraction of sp³-hybridized carbons (Fsp3) is 0. The van der Waals surface area contributed by atoms with Crippen LogP contribution in [0, 0.1) is 0 Å². The molecule has 5 aromatic carbocycles. The summed E-state index contributed by atoms with van der Waals surface area (Å²) in [4.78, 5) is -0.717. The molecule has 0 aliphatic heterocycles. The summed E-state index contributed by atoms with van der Waals surface area (Å²) in [6.07, 6.45) is 0. The quantitative estimate of drug-likeness (QED) is 0.113. The van der Waals surface area contributed by atoms with E-state index in [0.717, 1.165) is 0 Å². The minimum absolute atomic E-state index is 0.0895. The summed E-state index contributed by atoms with van der Waals surface area (Å²) in [5.41, 5.74) is 7.64. The highest BCUT2D eigenvalue weighted by molar-refractivity contribution is 7.86. The molecule has 0 bridgehead atoms. The minimum atomic E-state index is -4.57. The summed E-state index contributed by atoms with van der Waals surface area (Å²) in [7, 11) is -12.2. The topological polar surface area (TPSA) is 235 Å². The van der Waals surface area contributed by atoms with Crippen molar-refractivity contribution in [3.63, 3.8) is 0 Å². The fourth-order valence-electron chi connectivity index (χ4n) is 4.03. The molecule has 0 saturated carbocycles. The van der Waals surface area contributed by atoms with Crippen LogP contribution < -0.4 is 5.73 Å². The third-order valence-electron chi connectivity index (χ3n) is 5.82. The molecular weight excluding hydrogens is 623 g/mol. The van der Waals surface area contributed by atoms with E-state index in [-0.39, 0.29) is 32.2 Å². The second-order valence-corrected chi connectivity index (χ2v) is 11.8. The molecule has 0 amide bonds. The van der Waals surface area contributed by atoms with Gasteiger partial charge in [0.15, 0.2) is 0 Å². The Kier molecular flexibility index (Phi) is 9.02. The van der Waals surface area contributed by atoms with Gasteiger partial charge in [-0.2, -0.15) is 21.9 Å². The van der Waals surface area contributed by atoms with Gasteiger partial charge in [-0.1, -0.05) is 36.4 Å². The maximum absolute atomic E-state index is 11.9. The minimum Gasteiger partial charge on any atom is -0.398 e. The number of nitrogens with zero attached hydrogens (tertiary/aromatic N) is 4. The number of anilines is 1. The smallest absolute Gasteiger partial charge is 0.398 e.